The number of ketones is 1. The molecule has 1 heterocycles. The summed E-state index contributed by atoms with van der Waals surface area (Å²) >= 11 is 4.29. The first kappa shape index (κ1) is 17.5. The Hall–Kier alpha value is -1.82. The van der Waals surface area contributed by atoms with E-state index < -0.39 is 0 Å². The van der Waals surface area contributed by atoms with Crippen LogP contribution in [0.3, 0.4) is 0 Å². The van der Waals surface area contributed by atoms with E-state index in [0.29, 0.717) is 30.0 Å². The van der Waals surface area contributed by atoms with Crippen molar-refractivity contribution >= 4 is 30.2 Å². The zero-order chi connectivity index (χ0) is 16.8. The summed E-state index contributed by atoms with van der Waals surface area (Å²) in [7, 11) is 0. The van der Waals surface area contributed by atoms with Crippen LogP contribution < -0.4 is 5.32 Å². The van der Waals surface area contributed by atoms with Crippen molar-refractivity contribution in [3.8, 4) is 0 Å². The van der Waals surface area contributed by atoms with E-state index in [-0.39, 0.29) is 30.1 Å². The second-order valence-electron chi connectivity index (χ2n) is 5.85. The molecule has 0 radical (unpaired) electrons. The summed E-state index contributed by atoms with van der Waals surface area (Å²) in [5, 5.41) is 3.01. The first-order valence-electron chi connectivity index (χ1n) is 7.83. The highest BCUT2D eigenvalue weighted by Crippen LogP contribution is 2.16. The van der Waals surface area contributed by atoms with Crippen LogP contribution in [-0.4, -0.2) is 41.6 Å². The smallest absolute Gasteiger partial charge is 0.252 e. The molecule has 0 unspecified atom stereocenters. The van der Waals surface area contributed by atoms with E-state index in [9.17, 15) is 14.4 Å². The lowest BCUT2D eigenvalue weighted by Crippen LogP contribution is -2.46. The molecule has 0 bridgehead atoms. The van der Waals surface area contributed by atoms with Crippen LogP contribution in [0.2, 0.25) is 0 Å². The van der Waals surface area contributed by atoms with Gasteiger partial charge in [0.2, 0.25) is 5.91 Å². The van der Waals surface area contributed by atoms with Gasteiger partial charge in [-0.05, 0) is 31.9 Å². The van der Waals surface area contributed by atoms with E-state index in [1.54, 1.807) is 17.0 Å². The number of thiol groups is 1. The van der Waals surface area contributed by atoms with Crippen molar-refractivity contribution in [3.05, 3.63) is 29.8 Å². The lowest BCUT2D eigenvalue weighted by Gasteiger charge is -2.32. The maximum Gasteiger partial charge on any atom is 0.252 e. The number of carbonyl (C=O) groups excluding carboxylic acids is 3. The van der Waals surface area contributed by atoms with Gasteiger partial charge in [0.1, 0.15) is 5.78 Å². The molecule has 124 valence electrons. The number of piperidine rings is 1. The molecule has 0 aromatic heterocycles. The molecule has 2 rings (SSSR count). The van der Waals surface area contributed by atoms with Crippen molar-refractivity contribution in [3.63, 3.8) is 0 Å². The Morgan fingerprint density at radius 2 is 1.83 bits per heavy atom. The molecule has 1 aliphatic heterocycles. The van der Waals surface area contributed by atoms with Crippen LogP contribution >= 0.6 is 12.6 Å². The highest BCUT2D eigenvalue weighted by Gasteiger charge is 2.24. The molecule has 0 atom stereocenters. The van der Waals surface area contributed by atoms with Gasteiger partial charge in [-0.2, -0.15) is 0 Å². The lowest BCUT2D eigenvalue weighted by atomic mass is 10.0. The van der Waals surface area contributed by atoms with Crippen LogP contribution in [0.25, 0.3) is 0 Å². The van der Waals surface area contributed by atoms with Crippen molar-refractivity contribution < 1.29 is 14.4 Å². The third kappa shape index (κ3) is 5.10. The van der Waals surface area contributed by atoms with Crippen molar-refractivity contribution in [2.45, 2.75) is 43.5 Å². The molecule has 0 spiro atoms. The fraction of sp³-hybridized carbons (Fsp3) is 0.471. The summed E-state index contributed by atoms with van der Waals surface area (Å²) in [6.07, 6.45) is 2.03. The Labute approximate surface area is 141 Å². The molecule has 23 heavy (non-hydrogen) atoms. The molecule has 1 saturated heterocycles. The van der Waals surface area contributed by atoms with Crippen LogP contribution in [0.4, 0.5) is 0 Å². The summed E-state index contributed by atoms with van der Waals surface area (Å²) in [5.74, 6) is -0.0754. The van der Waals surface area contributed by atoms with Gasteiger partial charge in [0.15, 0.2) is 0 Å². The minimum absolute atomic E-state index is 0.0191. The van der Waals surface area contributed by atoms with Crippen molar-refractivity contribution in [2.24, 2.45) is 0 Å². The van der Waals surface area contributed by atoms with Crippen LogP contribution in [0.15, 0.2) is 29.2 Å². The number of amides is 2. The average Bonchev–Trinajstić information content (AvgIpc) is 2.53. The van der Waals surface area contributed by atoms with Gasteiger partial charge in [-0.1, -0.05) is 12.1 Å². The molecule has 1 aliphatic rings. The number of benzene rings is 1. The fourth-order valence-electron chi connectivity index (χ4n) is 2.64. The summed E-state index contributed by atoms with van der Waals surface area (Å²) in [4.78, 5) is 37.6. The van der Waals surface area contributed by atoms with E-state index in [1.165, 1.54) is 6.92 Å². The standard InChI is InChI=1S/C17H22N2O3S/c1-12(20)6-7-16(21)19-10-8-13(9-11-19)18-17(22)14-4-2-3-5-15(14)23/h2-5,13,23H,6-11H2,1H3,(H,18,22). The van der Waals surface area contributed by atoms with Crippen LogP contribution in [0.1, 0.15) is 43.0 Å². The van der Waals surface area contributed by atoms with Gasteiger partial charge < -0.3 is 15.0 Å². The number of carbonyl (C=O) groups is 3. The normalized spacial score (nSPS) is 15.3. The second-order valence-corrected chi connectivity index (χ2v) is 6.33. The molecule has 1 fully saturated rings. The number of nitrogens with one attached hydrogen (secondary N) is 1. The van der Waals surface area contributed by atoms with Gasteiger partial charge in [-0.25, -0.2) is 0 Å². The quantitative estimate of drug-likeness (QED) is 0.810. The van der Waals surface area contributed by atoms with Gasteiger partial charge in [0.25, 0.3) is 5.91 Å². The van der Waals surface area contributed by atoms with Gasteiger partial charge in [-0.15, -0.1) is 12.6 Å². The molecule has 5 nitrogen and oxygen atoms in total. The minimum atomic E-state index is -0.128. The monoisotopic (exact) mass is 334 g/mol. The number of likely N-dealkylation sites (tertiary alicyclic amines) is 1. The number of hydrogen-bond donors (Lipinski definition) is 2. The molecule has 0 saturated carbocycles. The first-order valence-corrected chi connectivity index (χ1v) is 8.28. The minimum Gasteiger partial charge on any atom is -0.349 e. The van der Waals surface area contributed by atoms with Gasteiger partial charge >= 0.3 is 0 Å². The predicted molar refractivity (Wildman–Crippen MR) is 90.7 cm³/mol. The zero-order valence-electron chi connectivity index (χ0n) is 13.2. The summed E-state index contributed by atoms with van der Waals surface area (Å²) < 4.78 is 0. The molecule has 6 heteroatoms. The van der Waals surface area contributed by atoms with Crippen LogP contribution in [0, 0.1) is 0 Å². The Kier molecular flexibility index (Phi) is 6.21. The molecule has 2 amide bonds. The average molecular weight is 334 g/mol. The maximum absolute atomic E-state index is 12.2. The topological polar surface area (TPSA) is 66.5 Å². The summed E-state index contributed by atoms with van der Waals surface area (Å²) in [6, 6.07) is 7.24. The van der Waals surface area contributed by atoms with E-state index in [0.717, 1.165) is 12.8 Å². The van der Waals surface area contributed by atoms with E-state index in [2.05, 4.69) is 17.9 Å². The lowest BCUT2D eigenvalue weighted by molar-refractivity contribution is -0.133. The third-order valence-electron chi connectivity index (χ3n) is 4.02. The largest absolute Gasteiger partial charge is 0.349 e. The summed E-state index contributed by atoms with van der Waals surface area (Å²) in [6.45, 7) is 2.72. The van der Waals surface area contributed by atoms with Gasteiger partial charge in [0.05, 0.1) is 5.56 Å². The van der Waals surface area contributed by atoms with Crippen molar-refractivity contribution in [1.29, 1.82) is 0 Å². The molecule has 1 N–H and O–H groups in total. The van der Waals surface area contributed by atoms with Gasteiger partial charge in [0, 0.05) is 36.9 Å². The van der Waals surface area contributed by atoms with E-state index >= 15 is 0 Å². The van der Waals surface area contributed by atoms with Crippen LogP contribution in [0.5, 0.6) is 0 Å². The maximum atomic E-state index is 12.2. The fourth-order valence-corrected chi connectivity index (χ4v) is 2.91. The SMILES string of the molecule is CC(=O)CCC(=O)N1CCC(NC(=O)c2ccccc2S)CC1. The molecule has 1 aromatic carbocycles. The Morgan fingerprint density at radius 3 is 2.43 bits per heavy atom. The Bertz CT molecular complexity index is 595. The Morgan fingerprint density at radius 1 is 1.17 bits per heavy atom. The molecular weight excluding hydrogens is 312 g/mol. The van der Waals surface area contributed by atoms with E-state index in [1.807, 2.05) is 12.1 Å². The molecular formula is C17H22N2O3S. The van der Waals surface area contributed by atoms with Crippen molar-refractivity contribution in [1.82, 2.24) is 10.2 Å². The van der Waals surface area contributed by atoms with Crippen LogP contribution in [-0.2, 0) is 9.59 Å². The number of nitrogens with zero attached hydrogens (tertiary/aromatic N) is 1. The van der Waals surface area contributed by atoms with Gasteiger partial charge in [-0.3, -0.25) is 9.59 Å². The predicted octanol–water partition coefficient (Wildman–Crippen LogP) is 2.07. The third-order valence-corrected chi connectivity index (χ3v) is 4.41. The molecule has 1 aromatic rings. The number of hydrogen-bond acceptors (Lipinski definition) is 4. The summed E-state index contributed by atoms with van der Waals surface area (Å²) in [5.41, 5.74) is 0.566. The number of rotatable bonds is 5. The first-order chi connectivity index (χ1) is 11.0. The number of Topliss-reactive ketones (excluding diaryl/α,β-unsaturated/α-hetero) is 1. The zero-order valence-corrected chi connectivity index (χ0v) is 14.1. The molecule has 0 aliphatic carbocycles. The highest BCUT2D eigenvalue weighted by atomic mass is 32.1. The van der Waals surface area contributed by atoms with Crippen molar-refractivity contribution in [2.75, 3.05) is 13.1 Å². The Balaban J connectivity index is 1.81. The van der Waals surface area contributed by atoms with E-state index in [4.69, 9.17) is 0 Å². The second kappa shape index (κ2) is 8.15. The highest BCUT2D eigenvalue weighted by molar-refractivity contribution is 7.80.